The van der Waals surface area contributed by atoms with E-state index in [1.807, 2.05) is 4.90 Å². The molecular weight excluding hydrogens is 576 g/mol. The minimum absolute atomic E-state index is 0.0217. The molecule has 13 heteroatoms. The number of primary sulfonamides is 1. The van der Waals surface area contributed by atoms with Crippen molar-refractivity contribution in [1.82, 2.24) is 29.5 Å². The van der Waals surface area contributed by atoms with Gasteiger partial charge in [0.15, 0.2) is 5.82 Å². The van der Waals surface area contributed by atoms with E-state index in [0.29, 0.717) is 30.9 Å². The van der Waals surface area contributed by atoms with Crippen LogP contribution in [0, 0.1) is 11.6 Å². The first kappa shape index (κ1) is 29.0. The molecule has 0 saturated carbocycles. The molecular formula is C30H31F2N7O3S. The number of amides is 1. The third kappa shape index (κ3) is 6.33. The number of carbonyl (C=O) groups excluding carboxylic acids is 1. The molecule has 43 heavy (non-hydrogen) atoms. The molecule has 0 bridgehead atoms. The van der Waals surface area contributed by atoms with Crippen LogP contribution in [0.25, 0.3) is 5.95 Å². The normalized spacial score (nSPS) is 18.3. The van der Waals surface area contributed by atoms with Crippen LogP contribution < -0.4 is 5.14 Å². The first-order chi connectivity index (χ1) is 20.7. The van der Waals surface area contributed by atoms with Gasteiger partial charge in [-0.3, -0.25) is 9.69 Å². The number of piperidine rings is 1. The van der Waals surface area contributed by atoms with Crippen molar-refractivity contribution in [2.24, 2.45) is 5.14 Å². The van der Waals surface area contributed by atoms with E-state index < -0.39 is 15.8 Å². The number of sulfonamides is 1. The average molecular weight is 608 g/mol. The summed E-state index contributed by atoms with van der Waals surface area (Å²) in [5.41, 5.74) is 3.15. The van der Waals surface area contributed by atoms with Gasteiger partial charge in [-0.25, -0.2) is 37.0 Å². The number of benzene rings is 2. The first-order valence-electron chi connectivity index (χ1n) is 14.1. The Morgan fingerprint density at radius 1 is 0.860 bits per heavy atom. The standard InChI is InChI=1S/C30H31F2N7O3S/c31-24-5-3-21(4-6-24)23-11-14-38(19-23)29(40)27-17-36-39(30-34-15-25(32)16-35-30)28(27)22-9-12-37(13-10-22)18-20-1-7-26(8-2-20)43(33,41)42/h1-8,15-17,22-23H,9-14,18-19H2,(H2,33,41,42). The number of aromatic nitrogens is 4. The van der Waals surface area contributed by atoms with Gasteiger partial charge in [0.25, 0.3) is 11.9 Å². The summed E-state index contributed by atoms with van der Waals surface area (Å²) < 4.78 is 51.8. The van der Waals surface area contributed by atoms with E-state index in [4.69, 9.17) is 5.14 Å². The van der Waals surface area contributed by atoms with Gasteiger partial charge in [0, 0.05) is 31.5 Å². The molecule has 4 heterocycles. The Hall–Kier alpha value is -4.07. The maximum absolute atomic E-state index is 13.9. The summed E-state index contributed by atoms with van der Waals surface area (Å²) in [7, 11) is -3.75. The third-order valence-corrected chi connectivity index (χ3v) is 9.21. The summed E-state index contributed by atoms with van der Waals surface area (Å²) in [6.45, 7) is 3.20. The number of hydrogen-bond donors (Lipinski definition) is 1. The molecule has 0 radical (unpaired) electrons. The molecule has 2 saturated heterocycles. The van der Waals surface area contributed by atoms with Crippen molar-refractivity contribution in [3.8, 4) is 5.95 Å². The van der Waals surface area contributed by atoms with Crippen LogP contribution in [0.1, 0.15) is 58.3 Å². The summed E-state index contributed by atoms with van der Waals surface area (Å²) >= 11 is 0. The molecule has 0 spiro atoms. The predicted octanol–water partition coefficient (Wildman–Crippen LogP) is 3.60. The smallest absolute Gasteiger partial charge is 0.257 e. The highest BCUT2D eigenvalue weighted by molar-refractivity contribution is 7.89. The zero-order chi connectivity index (χ0) is 30.1. The highest BCUT2D eigenvalue weighted by Gasteiger charge is 2.34. The van der Waals surface area contributed by atoms with Gasteiger partial charge in [0.1, 0.15) is 5.82 Å². The van der Waals surface area contributed by atoms with E-state index in [-0.39, 0.29) is 34.4 Å². The van der Waals surface area contributed by atoms with Gasteiger partial charge in [-0.2, -0.15) is 5.10 Å². The Morgan fingerprint density at radius 2 is 1.51 bits per heavy atom. The minimum atomic E-state index is -3.75. The van der Waals surface area contributed by atoms with E-state index in [1.54, 1.807) is 35.1 Å². The van der Waals surface area contributed by atoms with Gasteiger partial charge in [-0.05, 0) is 67.7 Å². The molecule has 2 N–H and O–H groups in total. The van der Waals surface area contributed by atoms with Crippen molar-refractivity contribution >= 4 is 15.9 Å². The molecule has 6 rings (SSSR count). The van der Waals surface area contributed by atoms with E-state index in [9.17, 15) is 22.0 Å². The summed E-state index contributed by atoms with van der Waals surface area (Å²) in [6, 6.07) is 13.0. The van der Waals surface area contributed by atoms with Crippen molar-refractivity contribution in [2.75, 3.05) is 26.2 Å². The molecule has 4 aromatic rings. The Bertz CT molecular complexity index is 1700. The van der Waals surface area contributed by atoms with Crippen LogP contribution in [0.4, 0.5) is 8.78 Å². The minimum Gasteiger partial charge on any atom is -0.338 e. The van der Waals surface area contributed by atoms with Crippen LogP contribution in [-0.4, -0.2) is 70.1 Å². The Labute approximate surface area is 248 Å². The summed E-state index contributed by atoms with van der Waals surface area (Å²) in [6.07, 6.45) is 5.95. The van der Waals surface area contributed by atoms with Gasteiger partial charge < -0.3 is 4.90 Å². The quantitative estimate of drug-likeness (QED) is 0.340. The molecule has 1 atom stereocenters. The fourth-order valence-corrected chi connectivity index (χ4v) is 6.53. The fraction of sp³-hybridized carbons (Fsp3) is 0.333. The molecule has 224 valence electrons. The van der Waals surface area contributed by atoms with Crippen LogP contribution in [-0.2, 0) is 16.6 Å². The van der Waals surface area contributed by atoms with Gasteiger partial charge in [0.2, 0.25) is 10.0 Å². The van der Waals surface area contributed by atoms with Crippen molar-refractivity contribution < 1.29 is 22.0 Å². The topological polar surface area (TPSA) is 127 Å². The lowest BCUT2D eigenvalue weighted by atomic mass is 9.90. The van der Waals surface area contributed by atoms with Crippen molar-refractivity contribution in [2.45, 2.75) is 42.5 Å². The zero-order valence-corrected chi connectivity index (χ0v) is 24.1. The summed E-state index contributed by atoms with van der Waals surface area (Å²) in [5.74, 6) is -0.704. The van der Waals surface area contributed by atoms with E-state index in [2.05, 4.69) is 20.0 Å². The van der Waals surface area contributed by atoms with E-state index >= 15 is 0 Å². The maximum Gasteiger partial charge on any atom is 0.257 e. The summed E-state index contributed by atoms with van der Waals surface area (Å²) in [4.78, 5) is 26.3. The van der Waals surface area contributed by atoms with E-state index in [1.165, 1.54) is 24.3 Å². The molecule has 0 aliphatic carbocycles. The Balaban J connectivity index is 1.20. The van der Waals surface area contributed by atoms with Crippen molar-refractivity contribution in [3.63, 3.8) is 0 Å². The molecule has 2 fully saturated rings. The molecule has 10 nitrogen and oxygen atoms in total. The predicted molar refractivity (Wildman–Crippen MR) is 154 cm³/mol. The number of nitrogens with two attached hydrogens (primary N) is 1. The van der Waals surface area contributed by atoms with Crippen LogP contribution in [0.3, 0.4) is 0 Å². The lowest BCUT2D eigenvalue weighted by molar-refractivity contribution is 0.0788. The number of rotatable bonds is 7. The monoisotopic (exact) mass is 607 g/mol. The number of carbonyl (C=O) groups is 1. The third-order valence-electron chi connectivity index (χ3n) is 8.28. The Morgan fingerprint density at radius 3 is 2.16 bits per heavy atom. The molecule has 1 unspecified atom stereocenters. The summed E-state index contributed by atoms with van der Waals surface area (Å²) in [5, 5.41) is 9.71. The van der Waals surface area contributed by atoms with E-state index in [0.717, 1.165) is 55.9 Å². The highest BCUT2D eigenvalue weighted by Crippen LogP contribution is 2.34. The second kappa shape index (κ2) is 11.9. The molecule has 2 aromatic carbocycles. The van der Waals surface area contributed by atoms with Crippen molar-refractivity contribution in [3.05, 3.63) is 101 Å². The van der Waals surface area contributed by atoms with Crippen LogP contribution >= 0.6 is 0 Å². The maximum atomic E-state index is 13.9. The largest absolute Gasteiger partial charge is 0.338 e. The second-order valence-electron chi connectivity index (χ2n) is 11.1. The van der Waals surface area contributed by atoms with Crippen LogP contribution in [0.15, 0.2) is 72.0 Å². The molecule has 2 aliphatic heterocycles. The Kier molecular flexibility index (Phi) is 8.03. The van der Waals surface area contributed by atoms with Crippen LogP contribution in [0.5, 0.6) is 0 Å². The second-order valence-corrected chi connectivity index (χ2v) is 12.6. The number of halogens is 2. The van der Waals surface area contributed by atoms with Crippen molar-refractivity contribution in [1.29, 1.82) is 0 Å². The van der Waals surface area contributed by atoms with Gasteiger partial charge in [0.05, 0.1) is 34.7 Å². The number of hydrogen-bond acceptors (Lipinski definition) is 7. The van der Waals surface area contributed by atoms with Gasteiger partial charge in [-0.1, -0.05) is 24.3 Å². The van der Waals surface area contributed by atoms with Gasteiger partial charge in [-0.15, -0.1) is 0 Å². The fourth-order valence-electron chi connectivity index (χ4n) is 6.02. The average Bonchev–Trinajstić information content (AvgIpc) is 3.67. The molecule has 1 amide bonds. The lowest BCUT2D eigenvalue weighted by Gasteiger charge is -2.32. The highest BCUT2D eigenvalue weighted by atomic mass is 32.2. The van der Waals surface area contributed by atoms with Crippen LogP contribution in [0.2, 0.25) is 0 Å². The zero-order valence-electron chi connectivity index (χ0n) is 23.3. The number of nitrogens with zero attached hydrogens (tertiary/aromatic N) is 6. The lowest BCUT2D eigenvalue weighted by Crippen LogP contribution is -2.34. The number of likely N-dealkylation sites (tertiary alicyclic amines) is 2. The molecule has 2 aromatic heterocycles. The molecule has 2 aliphatic rings. The first-order valence-corrected chi connectivity index (χ1v) is 15.6. The SMILES string of the molecule is NS(=O)(=O)c1ccc(CN2CCC(c3c(C(=O)N4CCC(c5ccc(F)cc5)C4)cnn3-c3ncc(F)cn3)CC2)cc1. The van der Waals surface area contributed by atoms with Gasteiger partial charge >= 0.3 is 0 Å².